The van der Waals surface area contributed by atoms with Crippen LogP contribution in [0.3, 0.4) is 0 Å². The number of hydrogen-bond donors (Lipinski definition) is 2. The number of amides is 1. The van der Waals surface area contributed by atoms with Crippen LogP contribution in [-0.2, 0) is 11.3 Å². The number of benzene rings is 1. The molecule has 0 bridgehead atoms. The molecular weight excluding hydrogens is 262 g/mol. The number of rotatable bonds is 7. The lowest BCUT2D eigenvalue weighted by Gasteiger charge is -2.26. The summed E-state index contributed by atoms with van der Waals surface area (Å²) in [6.07, 6.45) is 5.74. The Morgan fingerprint density at radius 2 is 1.90 bits per heavy atom. The third-order valence-corrected chi connectivity index (χ3v) is 4.08. The van der Waals surface area contributed by atoms with Gasteiger partial charge in [-0.25, -0.2) is 0 Å². The first kappa shape index (κ1) is 16.0. The molecule has 1 aromatic rings. The number of hydrogen-bond acceptors (Lipinski definition) is 3. The van der Waals surface area contributed by atoms with Crippen molar-refractivity contribution in [3.8, 4) is 0 Å². The standard InChI is InChI=1S/C17H27N3O/c18-16(10-7-13-20-11-5-2-6-12-20)17(21)19-14-15-8-3-1-4-9-15/h1,3-4,8-9,16H,2,5-7,10-14,18H2,(H,19,21)/t16-/m0/s1. The topological polar surface area (TPSA) is 58.4 Å². The molecule has 4 nitrogen and oxygen atoms in total. The van der Waals surface area contributed by atoms with Gasteiger partial charge in [-0.05, 0) is 50.9 Å². The van der Waals surface area contributed by atoms with Crippen LogP contribution in [0.1, 0.15) is 37.7 Å². The zero-order chi connectivity index (χ0) is 14.9. The zero-order valence-corrected chi connectivity index (χ0v) is 12.8. The Bertz CT molecular complexity index is 415. The predicted octanol–water partition coefficient (Wildman–Crippen LogP) is 1.90. The van der Waals surface area contributed by atoms with Gasteiger partial charge >= 0.3 is 0 Å². The van der Waals surface area contributed by atoms with Gasteiger partial charge in [-0.3, -0.25) is 4.79 Å². The number of nitrogens with two attached hydrogens (primary N) is 1. The van der Waals surface area contributed by atoms with E-state index in [0.717, 1.165) is 24.9 Å². The number of nitrogens with one attached hydrogen (secondary N) is 1. The third-order valence-electron chi connectivity index (χ3n) is 4.08. The van der Waals surface area contributed by atoms with Gasteiger partial charge in [0.05, 0.1) is 6.04 Å². The van der Waals surface area contributed by atoms with Crippen molar-refractivity contribution in [2.45, 2.75) is 44.7 Å². The van der Waals surface area contributed by atoms with E-state index in [-0.39, 0.29) is 5.91 Å². The average Bonchev–Trinajstić information content (AvgIpc) is 2.54. The highest BCUT2D eigenvalue weighted by atomic mass is 16.2. The molecule has 3 N–H and O–H groups in total. The Balaban J connectivity index is 1.60. The van der Waals surface area contributed by atoms with E-state index in [1.807, 2.05) is 30.3 Å². The maximum Gasteiger partial charge on any atom is 0.237 e. The fourth-order valence-corrected chi connectivity index (χ4v) is 2.77. The van der Waals surface area contributed by atoms with Crippen LogP contribution in [0.4, 0.5) is 0 Å². The van der Waals surface area contributed by atoms with Gasteiger partial charge in [0, 0.05) is 6.54 Å². The first-order valence-corrected chi connectivity index (χ1v) is 8.05. The lowest BCUT2D eigenvalue weighted by Crippen LogP contribution is -2.41. The fourth-order valence-electron chi connectivity index (χ4n) is 2.77. The van der Waals surface area contributed by atoms with Gasteiger partial charge in [-0.15, -0.1) is 0 Å². The molecule has 1 aliphatic heterocycles. The molecule has 1 saturated heterocycles. The van der Waals surface area contributed by atoms with Crippen LogP contribution in [0, 0.1) is 0 Å². The molecule has 2 rings (SSSR count). The molecule has 21 heavy (non-hydrogen) atoms. The summed E-state index contributed by atoms with van der Waals surface area (Å²) in [5.74, 6) is -0.0440. The molecule has 1 amide bonds. The highest BCUT2D eigenvalue weighted by Crippen LogP contribution is 2.09. The monoisotopic (exact) mass is 289 g/mol. The maximum atomic E-state index is 11.9. The molecule has 4 heteroatoms. The number of nitrogens with zero attached hydrogens (tertiary/aromatic N) is 1. The van der Waals surface area contributed by atoms with Crippen LogP contribution >= 0.6 is 0 Å². The average molecular weight is 289 g/mol. The summed E-state index contributed by atoms with van der Waals surface area (Å²) in [5, 5.41) is 2.91. The van der Waals surface area contributed by atoms with Crippen LogP contribution in [0.15, 0.2) is 30.3 Å². The lowest BCUT2D eigenvalue weighted by molar-refractivity contribution is -0.122. The minimum Gasteiger partial charge on any atom is -0.351 e. The van der Waals surface area contributed by atoms with E-state index >= 15 is 0 Å². The van der Waals surface area contributed by atoms with Crippen LogP contribution in [-0.4, -0.2) is 36.5 Å². The van der Waals surface area contributed by atoms with Crippen molar-refractivity contribution in [1.29, 1.82) is 0 Å². The summed E-state index contributed by atoms with van der Waals surface area (Å²) in [5.41, 5.74) is 7.07. The molecule has 116 valence electrons. The number of piperidine rings is 1. The Hall–Kier alpha value is -1.39. The minimum atomic E-state index is -0.390. The summed E-state index contributed by atoms with van der Waals surface area (Å²) >= 11 is 0. The number of carbonyl (C=O) groups is 1. The van der Waals surface area contributed by atoms with Crippen molar-refractivity contribution in [3.63, 3.8) is 0 Å². The van der Waals surface area contributed by atoms with E-state index in [1.54, 1.807) is 0 Å². The highest BCUT2D eigenvalue weighted by Gasteiger charge is 2.14. The molecule has 1 fully saturated rings. The van der Waals surface area contributed by atoms with Gasteiger partial charge in [0.15, 0.2) is 0 Å². The molecule has 1 atom stereocenters. The first-order chi connectivity index (χ1) is 10.3. The van der Waals surface area contributed by atoms with Crippen LogP contribution in [0.5, 0.6) is 0 Å². The summed E-state index contributed by atoms with van der Waals surface area (Å²) in [7, 11) is 0. The number of carbonyl (C=O) groups excluding carboxylic acids is 1. The minimum absolute atomic E-state index is 0.0440. The largest absolute Gasteiger partial charge is 0.351 e. The molecule has 0 aromatic heterocycles. The van der Waals surface area contributed by atoms with Gasteiger partial charge in [-0.1, -0.05) is 36.8 Å². The molecule has 0 spiro atoms. The van der Waals surface area contributed by atoms with Crippen molar-refractivity contribution in [3.05, 3.63) is 35.9 Å². The maximum absolute atomic E-state index is 11.9. The summed E-state index contributed by atoms with van der Waals surface area (Å²) < 4.78 is 0. The molecule has 1 aliphatic rings. The van der Waals surface area contributed by atoms with E-state index in [2.05, 4.69) is 10.2 Å². The quantitative estimate of drug-likeness (QED) is 0.806. The molecule has 0 aliphatic carbocycles. The van der Waals surface area contributed by atoms with Crippen LogP contribution in [0.2, 0.25) is 0 Å². The highest BCUT2D eigenvalue weighted by molar-refractivity contribution is 5.81. The fraction of sp³-hybridized carbons (Fsp3) is 0.588. The smallest absolute Gasteiger partial charge is 0.237 e. The van der Waals surface area contributed by atoms with Crippen molar-refractivity contribution in [2.75, 3.05) is 19.6 Å². The Labute approximate surface area is 127 Å². The second kappa shape index (κ2) is 8.80. The Morgan fingerprint density at radius 1 is 1.19 bits per heavy atom. The van der Waals surface area contributed by atoms with Crippen molar-refractivity contribution < 1.29 is 4.79 Å². The van der Waals surface area contributed by atoms with Crippen LogP contribution in [0.25, 0.3) is 0 Å². The van der Waals surface area contributed by atoms with Crippen molar-refractivity contribution >= 4 is 5.91 Å². The van der Waals surface area contributed by atoms with E-state index in [4.69, 9.17) is 5.73 Å². The SMILES string of the molecule is N[C@@H](CCCN1CCCCC1)C(=O)NCc1ccccc1. The Kier molecular flexibility index (Phi) is 6.70. The van der Waals surface area contributed by atoms with Gasteiger partial charge in [-0.2, -0.15) is 0 Å². The molecule has 0 radical (unpaired) electrons. The van der Waals surface area contributed by atoms with Gasteiger partial charge in [0.25, 0.3) is 0 Å². The van der Waals surface area contributed by atoms with E-state index in [0.29, 0.717) is 6.54 Å². The molecule has 0 unspecified atom stereocenters. The van der Waals surface area contributed by atoms with Crippen molar-refractivity contribution in [1.82, 2.24) is 10.2 Å². The first-order valence-electron chi connectivity index (χ1n) is 8.05. The summed E-state index contributed by atoms with van der Waals surface area (Å²) in [6, 6.07) is 9.53. The van der Waals surface area contributed by atoms with Crippen molar-refractivity contribution in [2.24, 2.45) is 5.73 Å². The summed E-state index contributed by atoms with van der Waals surface area (Å²) in [6.45, 7) is 4.03. The molecule has 0 saturated carbocycles. The number of likely N-dealkylation sites (tertiary alicyclic amines) is 1. The van der Waals surface area contributed by atoms with Gasteiger partial charge in [0.2, 0.25) is 5.91 Å². The second-order valence-electron chi connectivity index (χ2n) is 5.85. The van der Waals surface area contributed by atoms with E-state index in [9.17, 15) is 4.79 Å². The normalized spacial score (nSPS) is 17.4. The third kappa shape index (κ3) is 5.86. The molecule has 1 heterocycles. The van der Waals surface area contributed by atoms with Crippen LogP contribution < -0.4 is 11.1 Å². The Morgan fingerprint density at radius 3 is 2.62 bits per heavy atom. The second-order valence-corrected chi connectivity index (χ2v) is 5.85. The lowest BCUT2D eigenvalue weighted by atomic mass is 10.1. The van der Waals surface area contributed by atoms with E-state index in [1.165, 1.54) is 32.4 Å². The molecular formula is C17H27N3O. The predicted molar refractivity (Wildman–Crippen MR) is 85.8 cm³/mol. The zero-order valence-electron chi connectivity index (χ0n) is 12.8. The van der Waals surface area contributed by atoms with Gasteiger partial charge < -0.3 is 16.0 Å². The summed E-state index contributed by atoms with van der Waals surface area (Å²) in [4.78, 5) is 14.4. The van der Waals surface area contributed by atoms with E-state index < -0.39 is 6.04 Å². The molecule has 1 aromatic carbocycles. The van der Waals surface area contributed by atoms with Gasteiger partial charge in [0.1, 0.15) is 0 Å².